The Balaban J connectivity index is 1.95. The van der Waals surface area contributed by atoms with E-state index in [4.69, 9.17) is 9.47 Å². The number of hydrogen-bond donors (Lipinski definition) is 1. The molecule has 190 valence electrons. The zero-order valence-electron chi connectivity index (χ0n) is 21.2. The van der Waals surface area contributed by atoms with Gasteiger partial charge in [0, 0.05) is 57.5 Å². The number of likely N-dealkylation sites (N-methyl/N-ethyl adjacent to an activating group) is 1. The highest BCUT2D eigenvalue weighted by atomic mass is 19.1. The summed E-state index contributed by atoms with van der Waals surface area (Å²) < 4.78 is 26.4. The monoisotopic (exact) mass is 485 g/mol. The maximum absolute atomic E-state index is 14.4. The second-order valence-electron chi connectivity index (χ2n) is 9.23. The van der Waals surface area contributed by atoms with E-state index in [9.17, 15) is 14.0 Å². The van der Waals surface area contributed by atoms with E-state index in [-0.39, 0.29) is 35.7 Å². The van der Waals surface area contributed by atoms with Crippen LogP contribution in [0, 0.1) is 11.7 Å². The third kappa shape index (κ3) is 6.80. The first kappa shape index (κ1) is 26.6. The zero-order chi connectivity index (χ0) is 25.5. The summed E-state index contributed by atoms with van der Waals surface area (Å²) in [6, 6.07) is 11.8. The van der Waals surface area contributed by atoms with E-state index in [1.807, 2.05) is 13.0 Å². The van der Waals surface area contributed by atoms with Crippen molar-refractivity contribution < 1.29 is 23.5 Å². The number of halogens is 1. The fraction of sp³-hybridized carbons (Fsp3) is 0.481. The highest BCUT2D eigenvalue weighted by Crippen LogP contribution is 2.27. The van der Waals surface area contributed by atoms with Crippen molar-refractivity contribution in [2.24, 2.45) is 5.92 Å². The number of rotatable bonds is 5. The molecule has 3 atom stereocenters. The maximum atomic E-state index is 14.4. The van der Waals surface area contributed by atoms with E-state index < -0.39 is 0 Å². The van der Waals surface area contributed by atoms with Crippen LogP contribution in [0.2, 0.25) is 0 Å². The van der Waals surface area contributed by atoms with Crippen molar-refractivity contribution in [1.82, 2.24) is 9.80 Å². The van der Waals surface area contributed by atoms with Crippen LogP contribution in [0.4, 0.5) is 10.1 Å². The molecule has 7 nitrogen and oxygen atoms in total. The number of fused-ring (bicyclic) bond motifs is 1. The minimum atomic E-state index is -0.236. The number of carbonyl (C=O) groups excluding carboxylic acids is 2. The SMILES string of the molecule is CCC(=O)Nc1ccc2c(c1)C(=O)N(C)C[C@H](OC)[C@@H](C)CN(Cc1ccccc1F)[C@@H](C)CO2. The number of carbonyl (C=O) groups is 2. The molecule has 0 radical (unpaired) electrons. The first-order chi connectivity index (χ1) is 16.7. The Morgan fingerprint density at radius 1 is 1.20 bits per heavy atom. The molecule has 8 heteroatoms. The van der Waals surface area contributed by atoms with E-state index in [2.05, 4.69) is 17.1 Å². The van der Waals surface area contributed by atoms with Crippen LogP contribution >= 0.6 is 0 Å². The van der Waals surface area contributed by atoms with Gasteiger partial charge >= 0.3 is 0 Å². The predicted molar refractivity (Wildman–Crippen MR) is 134 cm³/mol. The van der Waals surface area contributed by atoms with Gasteiger partial charge in [0.05, 0.1) is 11.7 Å². The Morgan fingerprint density at radius 2 is 1.94 bits per heavy atom. The molecule has 1 N–H and O–H groups in total. The van der Waals surface area contributed by atoms with Crippen LogP contribution < -0.4 is 10.1 Å². The molecule has 2 aromatic carbocycles. The summed E-state index contributed by atoms with van der Waals surface area (Å²) >= 11 is 0. The number of hydrogen-bond acceptors (Lipinski definition) is 5. The lowest BCUT2D eigenvalue weighted by Crippen LogP contribution is -2.46. The number of nitrogens with zero attached hydrogens (tertiary/aromatic N) is 2. The number of nitrogens with one attached hydrogen (secondary N) is 1. The van der Waals surface area contributed by atoms with Crippen molar-refractivity contribution >= 4 is 17.5 Å². The van der Waals surface area contributed by atoms with Gasteiger partial charge in [-0.2, -0.15) is 0 Å². The molecule has 0 aliphatic carbocycles. The third-order valence-electron chi connectivity index (χ3n) is 6.51. The van der Waals surface area contributed by atoms with Crippen LogP contribution in [0.5, 0.6) is 5.75 Å². The number of anilines is 1. The summed E-state index contributed by atoms with van der Waals surface area (Å²) in [4.78, 5) is 29.1. The summed E-state index contributed by atoms with van der Waals surface area (Å²) in [7, 11) is 3.37. The molecule has 0 saturated heterocycles. The van der Waals surface area contributed by atoms with Gasteiger partial charge in [-0.25, -0.2) is 4.39 Å². The fourth-order valence-electron chi connectivity index (χ4n) is 4.24. The van der Waals surface area contributed by atoms with Crippen molar-refractivity contribution in [3.63, 3.8) is 0 Å². The van der Waals surface area contributed by atoms with E-state index in [0.29, 0.717) is 55.2 Å². The molecule has 2 aromatic rings. The normalized spacial score (nSPS) is 21.9. The first-order valence-electron chi connectivity index (χ1n) is 12.1. The van der Waals surface area contributed by atoms with Crippen LogP contribution in [0.1, 0.15) is 43.1 Å². The second kappa shape index (κ2) is 12.1. The molecule has 0 fully saturated rings. The molecule has 2 amide bonds. The van der Waals surface area contributed by atoms with Gasteiger partial charge in [-0.15, -0.1) is 0 Å². The minimum Gasteiger partial charge on any atom is -0.491 e. The Morgan fingerprint density at radius 3 is 2.63 bits per heavy atom. The summed E-state index contributed by atoms with van der Waals surface area (Å²) in [5, 5.41) is 2.81. The molecule has 3 rings (SSSR count). The number of benzene rings is 2. The quantitative estimate of drug-likeness (QED) is 0.688. The highest BCUT2D eigenvalue weighted by Gasteiger charge is 2.29. The van der Waals surface area contributed by atoms with Crippen LogP contribution in [-0.2, 0) is 16.1 Å². The molecule has 0 bridgehead atoms. The number of ether oxygens (including phenoxy) is 2. The Kier molecular flexibility index (Phi) is 9.23. The van der Waals surface area contributed by atoms with Crippen molar-refractivity contribution in [2.75, 3.05) is 39.2 Å². The molecular formula is C27H36FN3O4. The van der Waals surface area contributed by atoms with Gasteiger partial charge in [0.15, 0.2) is 0 Å². The van der Waals surface area contributed by atoms with Crippen LogP contribution in [0.25, 0.3) is 0 Å². The lowest BCUT2D eigenvalue weighted by atomic mass is 10.0. The average molecular weight is 486 g/mol. The maximum Gasteiger partial charge on any atom is 0.257 e. The second-order valence-corrected chi connectivity index (χ2v) is 9.23. The summed E-state index contributed by atoms with van der Waals surface area (Å²) in [6.07, 6.45) is 0.121. The van der Waals surface area contributed by atoms with Gasteiger partial charge in [-0.1, -0.05) is 32.0 Å². The first-order valence-corrected chi connectivity index (χ1v) is 12.1. The van der Waals surface area contributed by atoms with Crippen molar-refractivity contribution in [1.29, 1.82) is 0 Å². The van der Waals surface area contributed by atoms with Gasteiger partial charge < -0.3 is 19.7 Å². The number of amides is 2. The largest absolute Gasteiger partial charge is 0.491 e. The molecule has 1 aliphatic rings. The van der Waals surface area contributed by atoms with Gasteiger partial charge in [-0.05, 0) is 37.1 Å². The fourth-order valence-corrected chi connectivity index (χ4v) is 4.24. The Labute approximate surface area is 207 Å². The van der Waals surface area contributed by atoms with Crippen LogP contribution in [-0.4, -0.2) is 67.6 Å². The summed E-state index contributed by atoms with van der Waals surface area (Å²) in [5.41, 5.74) is 1.54. The standard InChI is InChI=1S/C27H36FN3O4/c1-6-26(32)29-21-11-12-24-22(13-21)27(33)30(4)16-25(34-5)18(2)14-31(19(3)17-35-24)15-20-9-7-8-10-23(20)28/h7-13,18-19,25H,6,14-17H2,1-5H3,(H,29,32)/t18-,19-,25-/m0/s1. The van der Waals surface area contributed by atoms with Crippen molar-refractivity contribution in [2.45, 2.75) is 45.9 Å². The predicted octanol–water partition coefficient (Wildman–Crippen LogP) is 4.18. The smallest absolute Gasteiger partial charge is 0.257 e. The Bertz CT molecular complexity index is 1030. The van der Waals surface area contributed by atoms with Crippen molar-refractivity contribution in [3.05, 3.63) is 59.4 Å². The highest BCUT2D eigenvalue weighted by molar-refractivity contribution is 5.99. The average Bonchev–Trinajstić information content (AvgIpc) is 2.85. The van der Waals surface area contributed by atoms with E-state index >= 15 is 0 Å². The van der Waals surface area contributed by atoms with Crippen molar-refractivity contribution in [3.8, 4) is 5.75 Å². The van der Waals surface area contributed by atoms with Gasteiger partial charge in [0.2, 0.25) is 5.91 Å². The molecule has 0 unspecified atom stereocenters. The molecule has 0 spiro atoms. The molecule has 1 aliphatic heterocycles. The summed E-state index contributed by atoms with van der Waals surface area (Å²) in [5.74, 6) is -0.0704. The topological polar surface area (TPSA) is 71.1 Å². The molecule has 0 aromatic heterocycles. The zero-order valence-corrected chi connectivity index (χ0v) is 21.2. The van der Waals surface area contributed by atoms with Crippen LogP contribution in [0.15, 0.2) is 42.5 Å². The number of methoxy groups -OCH3 is 1. The van der Waals surface area contributed by atoms with Crippen LogP contribution in [0.3, 0.4) is 0 Å². The lowest BCUT2D eigenvalue weighted by Gasteiger charge is -2.36. The van der Waals surface area contributed by atoms with Gasteiger partial charge in [0.1, 0.15) is 18.2 Å². The minimum absolute atomic E-state index is 0.0610. The van der Waals surface area contributed by atoms with E-state index in [0.717, 1.165) is 0 Å². The molecule has 35 heavy (non-hydrogen) atoms. The molecular weight excluding hydrogens is 449 g/mol. The summed E-state index contributed by atoms with van der Waals surface area (Å²) in [6.45, 7) is 7.64. The van der Waals surface area contributed by atoms with Gasteiger partial charge in [-0.3, -0.25) is 14.5 Å². The van der Waals surface area contributed by atoms with Gasteiger partial charge in [0.25, 0.3) is 5.91 Å². The van der Waals surface area contributed by atoms with E-state index in [1.54, 1.807) is 56.3 Å². The van der Waals surface area contributed by atoms with E-state index in [1.165, 1.54) is 6.07 Å². The third-order valence-corrected chi connectivity index (χ3v) is 6.51. The molecule has 1 heterocycles. The Hall–Kier alpha value is -2.97. The lowest BCUT2D eigenvalue weighted by molar-refractivity contribution is -0.115. The molecule has 0 saturated carbocycles.